The summed E-state index contributed by atoms with van der Waals surface area (Å²) in [5, 5.41) is 5.05. The van der Waals surface area contributed by atoms with Gasteiger partial charge in [-0.2, -0.15) is 0 Å². The van der Waals surface area contributed by atoms with Crippen LogP contribution in [-0.2, 0) is 20.9 Å². The highest BCUT2D eigenvalue weighted by atomic mass is 32.1. The Morgan fingerprint density at radius 2 is 2.06 bits per heavy atom. The van der Waals surface area contributed by atoms with Crippen molar-refractivity contribution < 1.29 is 23.5 Å². The van der Waals surface area contributed by atoms with Crippen molar-refractivity contribution in [1.29, 1.82) is 0 Å². The van der Waals surface area contributed by atoms with Crippen LogP contribution in [0, 0.1) is 0 Å². The highest BCUT2D eigenvalue weighted by Gasteiger charge is 2.22. The third kappa shape index (κ3) is 3.90. The average Bonchev–Trinajstić information content (AvgIpc) is 3.35. The number of benzene rings is 1. The molecule has 11 heteroatoms. The molecule has 158 valence electrons. The van der Waals surface area contributed by atoms with Crippen molar-refractivity contribution in [3.63, 3.8) is 0 Å². The topological polar surface area (TPSA) is 147 Å². The number of furan rings is 1. The highest BCUT2D eigenvalue weighted by molar-refractivity contribution is 7.14. The van der Waals surface area contributed by atoms with Gasteiger partial charge in [-0.25, -0.2) is 4.98 Å². The second-order valence-corrected chi connectivity index (χ2v) is 7.52. The number of nitrogens with one attached hydrogen (secondary N) is 1. The Morgan fingerprint density at radius 3 is 2.84 bits per heavy atom. The molecule has 0 radical (unpaired) electrons. The summed E-state index contributed by atoms with van der Waals surface area (Å²) in [6.07, 6.45) is 0.0533. The minimum atomic E-state index is -1.17. The number of amides is 2. The van der Waals surface area contributed by atoms with Crippen molar-refractivity contribution >= 4 is 56.2 Å². The minimum absolute atomic E-state index is 0.0268. The first-order valence-corrected chi connectivity index (χ1v) is 9.97. The van der Waals surface area contributed by atoms with Crippen molar-refractivity contribution in [2.45, 2.75) is 19.6 Å². The third-order valence-electron chi connectivity index (χ3n) is 4.49. The van der Waals surface area contributed by atoms with Gasteiger partial charge in [-0.3, -0.25) is 23.7 Å². The predicted molar refractivity (Wildman–Crippen MR) is 113 cm³/mol. The lowest BCUT2D eigenvalue weighted by molar-refractivity contribution is -0.153. The summed E-state index contributed by atoms with van der Waals surface area (Å²) in [5.74, 6) is -2.14. The maximum absolute atomic E-state index is 12.7. The Hall–Kier alpha value is -3.99. The molecule has 4 rings (SSSR count). The highest BCUT2D eigenvalue weighted by Crippen LogP contribution is 2.24. The number of primary amides is 1. The first-order chi connectivity index (χ1) is 14.8. The van der Waals surface area contributed by atoms with E-state index in [4.69, 9.17) is 14.9 Å². The molecule has 0 saturated carbocycles. The zero-order chi connectivity index (χ0) is 22.1. The van der Waals surface area contributed by atoms with E-state index >= 15 is 0 Å². The van der Waals surface area contributed by atoms with Crippen LogP contribution >= 0.6 is 11.3 Å². The second kappa shape index (κ2) is 8.03. The SMILES string of the molecule is CC(OC(=O)Cn1cnc2c(oc3ccccc32)c1=O)C(=O)Nc1sccc1C(N)=O. The molecule has 0 bridgehead atoms. The summed E-state index contributed by atoms with van der Waals surface area (Å²) in [6, 6.07) is 8.55. The number of fused-ring (bicyclic) bond motifs is 3. The van der Waals surface area contributed by atoms with Crippen LogP contribution in [-0.4, -0.2) is 33.4 Å². The number of hydrogen-bond donors (Lipinski definition) is 2. The van der Waals surface area contributed by atoms with Crippen LogP contribution in [0.15, 0.2) is 51.3 Å². The number of thiophene rings is 1. The smallest absolute Gasteiger partial charge is 0.326 e. The van der Waals surface area contributed by atoms with Gasteiger partial charge < -0.3 is 20.2 Å². The van der Waals surface area contributed by atoms with Gasteiger partial charge in [0.2, 0.25) is 5.58 Å². The van der Waals surface area contributed by atoms with Gasteiger partial charge >= 0.3 is 5.97 Å². The third-order valence-corrected chi connectivity index (χ3v) is 5.32. The van der Waals surface area contributed by atoms with Gasteiger partial charge in [0.1, 0.15) is 22.6 Å². The van der Waals surface area contributed by atoms with E-state index in [1.807, 2.05) is 0 Å². The van der Waals surface area contributed by atoms with Crippen LogP contribution in [0.3, 0.4) is 0 Å². The summed E-state index contributed by atoms with van der Waals surface area (Å²) in [4.78, 5) is 52.8. The maximum Gasteiger partial charge on any atom is 0.326 e. The van der Waals surface area contributed by atoms with Crippen LogP contribution in [0.1, 0.15) is 17.3 Å². The first kappa shape index (κ1) is 20.3. The molecule has 1 aromatic carbocycles. The second-order valence-electron chi connectivity index (χ2n) is 6.60. The average molecular weight is 440 g/mol. The molecule has 1 unspecified atom stereocenters. The Morgan fingerprint density at radius 1 is 1.29 bits per heavy atom. The molecule has 31 heavy (non-hydrogen) atoms. The van der Waals surface area contributed by atoms with Gasteiger partial charge in [0.05, 0.1) is 11.9 Å². The van der Waals surface area contributed by atoms with Gasteiger partial charge in [0, 0.05) is 5.39 Å². The summed E-state index contributed by atoms with van der Waals surface area (Å²) in [6.45, 7) is 0.913. The molecule has 0 aliphatic carbocycles. The molecule has 0 aliphatic heterocycles. The molecule has 4 aromatic rings. The Bertz CT molecular complexity index is 1390. The number of hydrogen-bond acceptors (Lipinski definition) is 8. The molecular formula is C20H16N4O6S. The maximum atomic E-state index is 12.7. The quantitative estimate of drug-likeness (QED) is 0.435. The molecule has 0 saturated heterocycles. The molecule has 3 heterocycles. The fourth-order valence-corrected chi connectivity index (χ4v) is 3.76. The van der Waals surface area contributed by atoms with Crippen molar-refractivity contribution in [1.82, 2.24) is 9.55 Å². The van der Waals surface area contributed by atoms with E-state index < -0.39 is 36.0 Å². The lowest BCUT2D eigenvalue weighted by atomic mass is 10.2. The first-order valence-electron chi connectivity index (χ1n) is 9.09. The fraction of sp³-hybridized carbons (Fsp3) is 0.150. The molecule has 0 fully saturated rings. The number of nitrogens with zero attached hydrogens (tertiary/aromatic N) is 2. The van der Waals surface area contributed by atoms with Crippen LogP contribution in [0.25, 0.3) is 22.1 Å². The van der Waals surface area contributed by atoms with E-state index in [9.17, 15) is 19.2 Å². The number of para-hydroxylation sites is 1. The van der Waals surface area contributed by atoms with Gasteiger partial charge in [0.25, 0.3) is 17.4 Å². The molecule has 10 nitrogen and oxygen atoms in total. The zero-order valence-corrected chi connectivity index (χ0v) is 17.0. The van der Waals surface area contributed by atoms with Gasteiger partial charge in [-0.15, -0.1) is 11.3 Å². The summed E-state index contributed by atoms with van der Waals surface area (Å²) in [7, 11) is 0. The van der Waals surface area contributed by atoms with E-state index in [-0.39, 0.29) is 16.1 Å². The normalized spacial score (nSPS) is 12.0. The van der Waals surface area contributed by atoms with Crippen molar-refractivity contribution in [3.8, 4) is 0 Å². The number of carbonyl (C=O) groups excluding carboxylic acids is 3. The zero-order valence-electron chi connectivity index (χ0n) is 16.2. The largest absolute Gasteiger partial charge is 0.451 e. The fourth-order valence-electron chi connectivity index (χ4n) is 2.97. The van der Waals surface area contributed by atoms with Crippen LogP contribution in [0.4, 0.5) is 5.00 Å². The number of anilines is 1. The lowest BCUT2D eigenvalue weighted by Crippen LogP contribution is -2.33. The number of esters is 1. The van der Waals surface area contributed by atoms with E-state index in [2.05, 4.69) is 10.3 Å². The van der Waals surface area contributed by atoms with Crippen LogP contribution < -0.4 is 16.6 Å². The van der Waals surface area contributed by atoms with E-state index in [1.165, 1.54) is 19.3 Å². The van der Waals surface area contributed by atoms with Crippen molar-refractivity contribution in [2.75, 3.05) is 5.32 Å². The lowest BCUT2D eigenvalue weighted by Gasteiger charge is -2.13. The molecule has 3 aromatic heterocycles. The Balaban J connectivity index is 1.46. The van der Waals surface area contributed by atoms with Gasteiger partial charge in [-0.1, -0.05) is 12.1 Å². The van der Waals surface area contributed by atoms with Gasteiger partial charge in [-0.05, 0) is 30.5 Å². The van der Waals surface area contributed by atoms with Crippen LogP contribution in [0.5, 0.6) is 0 Å². The van der Waals surface area contributed by atoms with E-state index in [0.717, 1.165) is 15.9 Å². The number of nitrogens with two attached hydrogens (primary N) is 1. The molecule has 0 spiro atoms. The van der Waals surface area contributed by atoms with Crippen LogP contribution in [0.2, 0.25) is 0 Å². The number of carbonyl (C=O) groups is 3. The molecular weight excluding hydrogens is 424 g/mol. The van der Waals surface area contributed by atoms with Gasteiger partial charge in [0.15, 0.2) is 6.10 Å². The van der Waals surface area contributed by atoms with Crippen molar-refractivity contribution in [3.05, 3.63) is 58.0 Å². The standard InChI is InChI=1S/C20H16N4O6S/c1-10(18(27)23-19-12(17(21)26)6-7-31-19)29-14(25)8-24-9-22-15-11-4-2-3-5-13(11)30-16(15)20(24)28/h2-7,9-10H,8H2,1H3,(H2,21,26)(H,23,27). The molecule has 0 aliphatic rings. The minimum Gasteiger partial charge on any atom is -0.451 e. The number of aromatic nitrogens is 2. The monoisotopic (exact) mass is 440 g/mol. The summed E-state index contributed by atoms with van der Waals surface area (Å²) in [5.41, 5.74) is 5.80. The number of rotatable bonds is 6. The van der Waals surface area contributed by atoms with E-state index in [0.29, 0.717) is 16.5 Å². The predicted octanol–water partition coefficient (Wildman–Crippen LogP) is 1.87. The Kier molecular flexibility index (Phi) is 5.26. The summed E-state index contributed by atoms with van der Waals surface area (Å²) < 4.78 is 11.7. The van der Waals surface area contributed by atoms with E-state index in [1.54, 1.807) is 29.6 Å². The molecule has 3 N–H and O–H groups in total. The molecule has 1 atom stereocenters. The van der Waals surface area contributed by atoms with Crippen molar-refractivity contribution in [2.24, 2.45) is 5.73 Å². The molecule has 2 amide bonds. The summed E-state index contributed by atoms with van der Waals surface area (Å²) >= 11 is 1.11. The Labute approximate surface area is 178 Å². The number of ether oxygens (including phenoxy) is 1.